The third-order valence-corrected chi connectivity index (χ3v) is 4.06. The molecule has 0 saturated carbocycles. The molecule has 0 aliphatic carbocycles. The molecule has 0 bridgehead atoms. The standard InChI is InChI=1S/C15H18N4O2/c16-9-12-1-2-14(17-10-12)19-4-3-13(11-19)15(20)18-5-7-21-8-6-18/h1-2,10,13H,3-8,11H2. The Balaban J connectivity index is 1.61. The minimum Gasteiger partial charge on any atom is -0.378 e. The fraction of sp³-hybridized carbons (Fsp3) is 0.533. The molecule has 0 radical (unpaired) electrons. The van der Waals surface area contributed by atoms with E-state index in [0.717, 1.165) is 18.8 Å². The number of anilines is 1. The van der Waals surface area contributed by atoms with Gasteiger partial charge >= 0.3 is 0 Å². The largest absolute Gasteiger partial charge is 0.378 e. The maximum Gasteiger partial charge on any atom is 0.227 e. The lowest BCUT2D eigenvalue weighted by Crippen LogP contribution is -2.44. The van der Waals surface area contributed by atoms with E-state index in [1.54, 1.807) is 12.3 Å². The van der Waals surface area contributed by atoms with Crippen molar-refractivity contribution in [3.8, 4) is 6.07 Å². The molecule has 1 atom stereocenters. The summed E-state index contributed by atoms with van der Waals surface area (Å²) in [4.78, 5) is 20.8. The number of hydrogen-bond acceptors (Lipinski definition) is 5. The molecule has 2 fully saturated rings. The Bertz CT molecular complexity index is 546. The van der Waals surface area contributed by atoms with Crippen molar-refractivity contribution in [1.82, 2.24) is 9.88 Å². The van der Waals surface area contributed by atoms with Gasteiger partial charge < -0.3 is 14.5 Å². The number of pyridine rings is 1. The van der Waals surface area contributed by atoms with Gasteiger partial charge in [0.05, 0.1) is 24.7 Å². The predicted octanol–water partition coefficient (Wildman–Crippen LogP) is 0.638. The lowest BCUT2D eigenvalue weighted by molar-refractivity contribution is -0.138. The minimum absolute atomic E-state index is 0.0422. The van der Waals surface area contributed by atoms with Gasteiger partial charge in [-0.1, -0.05) is 0 Å². The second kappa shape index (κ2) is 6.10. The van der Waals surface area contributed by atoms with Crippen LogP contribution in [0.25, 0.3) is 0 Å². The molecule has 0 aromatic carbocycles. The van der Waals surface area contributed by atoms with E-state index in [1.165, 1.54) is 0 Å². The zero-order chi connectivity index (χ0) is 14.7. The van der Waals surface area contributed by atoms with Crippen molar-refractivity contribution >= 4 is 11.7 Å². The molecule has 6 nitrogen and oxygen atoms in total. The summed E-state index contributed by atoms with van der Waals surface area (Å²) in [5, 5.41) is 8.79. The average molecular weight is 286 g/mol. The Hall–Kier alpha value is -2.13. The third-order valence-electron chi connectivity index (χ3n) is 4.06. The number of nitriles is 1. The Morgan fingerprint density at radius 1 is 1.33 bits per heavy atom. The summed E-state index contributed by atoms with van der Waals surface area (Å²) >= 11 is 0. The maximum absolute atomic E-state index is 12.5. The number of ether oxygens (including phenoxy) is 1. The van der Waals surface area contributed by atoms with Crippen molar-refractivity contribution in [2.24, 2.45) is 5.92 Å². The zero-order valence-electron chi connectivity index (χ0n) is 11.9. The Labute approximate surface area is 123 Å². The summed E-state index contributed by atoms with van der Waals surface area (Å²) in [5.74, 6) is 1.11. The Morgan fingerprint density at radius 2 is 2.14 bits per heavy atom. The highest BCUT2D eigenvalue weighted by Crippen LogP contribution is 2.24. The van der Waals surface area contributed by atoms with Crippen LogP contribution in [0.15, 0.2) is 18.3 Å². The molecule has 0 N–H and O–H groups in total. The van der Waals surface area contributed by atoms with Crippen LogP contribution in [0, 0.1) is 17.2 Å². The van der Waals surface area contributed by atoms with Crippen LogP contribution in [-0.2, 0) is 9.53 Å². The number of hydrogen-bond donors (Lipinski definition) is 0. The molecule has 2 aliphatic rings. The van der Waals surface area contributed by atoms with E-state index >= 15 is 0 Å². The van der Waals surface area contributed by atoms with Crippen LogP contribution in [0.5, 0.6) is 0 Å². The van der Waals surface area contributed by atoms with Crippen molar-refractivity contribution in [3.05, 3.63) is 23.9 Å². The first-order chi connectivity index (χ1) is 10.3. The summed E-state index contributed by atoms with van der Waals surface area (Å²) < 4.78 is 5.28. The first-order valence-electron chi connectivity index (χ1n) is 7.25. The van der Waals surface area contributed by atoms with E-state index in [0.29, 0.717) is 38.4 Å². The third kappa shape index (κ3) is 2.98. The van der Waals surface area contributed by atoms with Gasteiger partial charge in [-0.2, -0.15) is 5.26 Å². The number of rotatable bonds is 2. The summed E-state index contributed by atoms with van der Waals surface area (Å²) in [6.45, 7) is 4.21. The number of morpholine rings is 1. The average Bonchev–Trinajstić information content (AvgIpc) is 3.05. The molecule has 0 spiro atoms. The predicted molar refractivity (Wildman–Crippen MR) is 76.7 cm³/mol. The minimum atomic E-state index is 0.0422. The van der Waals surface area contributed by atoms with Gasteiger partial charge in [0.15, 0.2) is 0 Å². The van der Waals surface area contributed by atoms with E-state index in [-0.39, 0.29) is 11.8 Å². The lowest BCUT2D eigenvalue weighted by atomic mass is 10.1. The van der Waals surface area contributed by atoms with Crippen LogP contribution in [0.4, 0.5) is 5.82 Å². The highest BCUT2D eigenvalue weighted by atomic mass is 16.5. The topological polar surface area (TPSA) is 69.5 Å². The summed E-state index contributed by atoms with van der Waals surface area (Å²) in [6.07, 6.45) is 2.43. The Kier molecular flexibility index (Phi) is 4.02. The van der Waals surface area contributed by atoms with Crippen LogP contribution in [0.1, 0.15) is 12.0 Å². The van der Waals surface area contributed by atoms with Crippen molar-refractivity contribution in [2.75, 3.05) is 44.3 Å². The quantitative estimate of drug-likeness (QED) is 0.798. The molecule has 3 rings (SSSR count). The van der Waals surface area contributed by atoms with Crippen LogP contribution in [0.3, 0.4) is 0 Å². The van der Waals surface area contributed by atoms with Gasteiger partial charge in [0, 0.05) is 32.4 Å². The summed E-state index contributed by atoms with van der Waals surface area (Å²) in [7, 11) is 0. The first kappa shape index (κ1) is 13.8. The molecule has 1 unspecified atom stereocenters. The van der Waals surface area contributed by atoms with Gasteiger partial charge in [-0.3, -0.25) is 4.79 Å². The normalized spacial score (nSPS) is 22.1. The van der Waals surface area contributed by atoms with E-state index in [9.17, 15) is 4.79 Å². The van der Waals surface area contributed by atoms with Crippen molar-refractivity contribution in [3.63, 3.8) is 0 Å². The molecular weight excluding hydrogens is 268 g/mol. The van der Waals surface area contributed by atoms with Gasteiger partial charge in [-0.25, -0.2) is 4.98 Å². The molecule has 6 heteroatoms. The smallest absolute Gasteiger partial charge is 0.227 e. The summed E-state index contributed by atoms with van der Waals surface area (Å²) in [5.41, 5.74) is 0.555. The monoisotopic (exact) mass is 286 g/mol. The molecule has 1 aromatic heterocycles. The molecule has 1 amide bonds. The van der Waals surface area contributed by atoms with Crippen LogP contribution >= 0.6 is 0 Å². The van der Waals surface area contributed by atoms with Gasteiger partial charge in [-0.15, -0.1) is 0 Å². The molecular formula is C15H18N4O2. The number of nitrogens with zero attached hydrogens (tertiary/aromatic N) is 4. The second-order valence-electron chi connectivity index (χ2n) is 5.39. The SMILES string of the molecule is N#Cc1ccc(N2CCC(C(=O)N3CCOCC3)C2)nc1. The molecule has 2 saturated heterocycles. The molecule has 2 aliphatic heterocycles. The van der Waals surface area contributed by atoms with Crippen LogP contribution in [-0.4, -0.2) is 55.2 Å². The first-order valence-corrected chi connectivity index (χ1v) is 7.25. The van der Waals surface area contributed by atoms with Crippen molar-refractivity contribution < 1.29 is 9.53 Å². The Morgan fingerprint density at radius 3 is 2.81 bits per heavy atom. The van der Waals surface area contributed by atoms with E-state index in [2.05, 4.69) is 16.0 Å². The van der Waals surface area contributed by atoms with Crippen LogP contribution < -0.4 is 4.90 Å². The molecule has 110 valence electrons. The van der Waals surface area contributed by atoms with E-state index < -0.39 is 0 Å². The van der Waals surface area contributed by atoms with Crippen molar-refractivity contribution in [1.29, 1.82) is 5.26 Å². The van der Waals surface area contributed by atoms with Gasteiger partial charge in [-0.05, 0) is 18.6 Å². The highest BCUT2D eigenvalue weighted by molar-refractivity contribution is 5.80. The van der Waals surface area contributed by atoms with Crippen LogP contribution in [0.2, 0.25) is 0 Å². The fourth-order valence-electron chi connectivity index (χ4n) is 2.85. The zero-order valence-corrected chi connectivity index (χ0v) is 11.9. The lowest BCUT2D eigenvalue weighted by Gasteiger charge is -2.29. The molecule has 3 heterocycles. The van der Waals surface area contributed by atoms with Gasteiger partial charge in [0.2, 0.25) is 5.91 Å². The number of carbonyl (C=O) groups is 1. The number of carbonyl (C=O) groups excluding carboxylic acids is 1. The molecule has 21 heavy (non-hydrogen) atoms. The second-order valence-corrected chi connectivity index (χ2v) is 5.39. The van der Waals surface area contributed by atoms with E-state index in [1.807, 2.05) is 11.0 Å². The van der Waals surface area contributed by atoms with E-state index in [4.69, 9.17) is 10.00 Å². The summed E-state index contributed by atoms with van der Waals surface area (Å²) in [6, 6.07) is 5.67. The fourth-order valence-corrected chi connectivity index (χ4v) is 2.85. The van der Waals surface area contributed by atoms with Crippen molar-refractivity contribution in [2.45, 2.75) is 6.42 Å². The molecule has 1 aromatic rings. The highest BCUT2D eigenvalue weighted by Gasteiger charge is 2.32. The number of amides is 1. The maximum atomic E-state index is 12.5. The van der Waals surface area contributed by atoms with Gasteiger partial charge in [0.1, 0.15) is 11.9 Å². The number of aromatic nitrogens is 1. The van der Waals surface area contributed by atoms with Gasteiger partial charge in [0.25, 0.3) is 0 Å².